The van der Waals surface area contributed by atoms with Crippen LogP contribution >= 0.6 is 0 Å². The highest BCUT2D eigenvalue weighted by Crippen LogP contribution is 2.29. The van der Waals surface area contributed by atoms with E-state index in [1.54, 1.807) is 0 Å². The fourth-order valence-electron chi connectivity index (χ4n) is 1.20. The molecule has 0 unspecified atom stereocenters. The molecule has 0 aliphatic carbocycles. The van der Waals surface area contributed by atoms with Crippen molar-refractivity contribution in [3.05, 3.63) is 40.2 Å². The summed E-state index contributed by atoms with van der Waals surface area (Å²) < 4.78 is 65.3. The summed E-state index contributed by atoms with van der Waals surface area (Å²) in [5.74, 6) is -11.5. The molecule has 1 aromatic carbocycles. The highest BCUT2D eigenvalue weighted by molar-refractivity contribution is 5.84. The first kappa shape index (κ1) is 14.1. The van der Waals surface area contributed by atoms with Crippen LogP contribution in [0.4, 0.5) is 22.0 Å². The van der Waals surface area contributed by atoms with Gasteiger partial charge >= 0.3 is 0 Å². The highest BCUT2D eigenvalue weighted by Gasteiger charge is 2.29. The number of allylic oxidation sites excluding steroid dienone is 2. The van der Waals surface area contributed by atoms with E-state index in [1.165, 1.54) is 0 Å². The van der Waals surface area contributed by atoms with Crippen molar-refractivity contribution in [2.75, 3.05) is 0 Å². The molecule has 94 valence electrons. The van der Waals surface area contributed by atoms with E-state index < -0.39 is 45.8 Å². The van der Waals surface area contributed by atoms with E-state index in [-0.39, 0.29) is 0 Å². The number of hydrogen-bond acceptors (Lipinski definition) is 3. The van der Waals surface area contributed by atoms with Crippen molar-refractivity contribution in [3.8, 4) is 18.2 Å². The second kappa shape index (κ2) is 5.16. The van der Waals surface area contributed by atoms with Crippen LogP contribution in [0.1, 0.15) is 5.56 Å². The van der Waals surface area contributed by atoms with Gasteiger partial charge in [0.25, 0.3) is 0 Å². The topological polar surface area (TPSA) is 71.4 Å². The van der Waals surface area contributed by atoms with Crippen molar-refractivity contribution < 1.29 is 22.0 Å². The molecule has 0 aliphatic heterocycles. The summed E-state index contributed by atoms with van der Waals surface area (Å²) in [5, 5.41) is 25.6. The largest absolute Gasteiger partial charge is 0.203 e. The van der Waals surface area contributed by atoms with E-state index in [0.29, 0.717) is 0 Å². The molecule has 19 heavy (non-hydrogen) atoms. The molecule has 0 saturated carbocycles. The molecule has 1 rings (SSSR count). The van der Waals surface area contributed by atoms with Crippen LogP contribution in [0.25, 0.3) is 5.57 Å². The van der Waals surface area contributed by atoms with Crippen molar-refractivity contribution in [1.29, 1.82) is 15.8 Å². The van der Waals surface area contributed by atoms with Gasteiger partial charge < -0.3 is 0 Å². The molecule has 0 N–H and O–H groups in total. The Morgan fingerprint density at radius 3 is 1.32 bits per heavy atom. The Kier molecular flexibility index (Phi) is 3.84. The summed E-state index contributed by atoms with van der Waals surface area (Å²) in [6.45, 7) is 0. The molecule has 0 atom stereocenters. The smallest absolute Gasteiger partial charge is 0.200 e. The summed E-state index contributed by atoms with van der Waals surface area (Å²) in [6.07, 6.45) is 0. The third-order valence-corrected chi connectivity index (χ3v) is 2.05. The van der Waals surface area contributed by atoms with E-state index in [0.717, 1.165) is 18.2 Å². The lowest BCUT2D eigenvalue weighted by Crippen LogP contribution is -2.07. The van der Waals surface area contributed by atoms with Crippen molar-refractivity contribution in [1.82, 2.24) is 0 Å². The predicted molar refractivity (Wildman–Crippen MR) is 50.0 cm³/mol. The Balaban J connectivity index is 3.92. The lowest BCUT2D eigenvalue weighted by Gasteiger charge is -2.06. The van der Waals surface area contributed by atoms with Crippen LogP contribution in [0, 0.1) is 63.1 Å². The van der Waals surface area contributed by atoms with Crippen molar-refractivity contribution in [3.63, 3.8) is 0 Å². The zero-order valence-corrected chi connectivity index (χ0v) is 8.73. The molecule has 0 bridgehead atoms. The maximum absolute atomic E-state index is 13.3. The summed E-state index contributed by atoms with van der Waals surface area (Å²) in [7, 11) is 0. The molecule has 0 radical (unpaired) electrons. The van der Waals surface area contributed by atoms with Crippen LogP contribution < -0.4 is 0 Å². The summed E-state index contributed by atoms with van der Waals surface area (Å²) >= 11 is 0. The number of hydrogen-bond donors (Lipinski definition) is 0. The number of rotatable bonds is 1. The minimum absolute atomic E-state index is 1.06. The molecule has 8 heteroatoms. The molecular formula is C11F5N3. The Bertz CT molecular complexity index is 671. The maximum atomic E-state index is 13.3. The highest BCUT2D eigenvalue weighted by atomic mass is 19.2. The van der Waals surface area contributed by atoms with Gasteiger partial charge in [0.05, 0.1) is 11.1 Å². The Morgan fingerprint density at radius 2 is 1.00 bits per heavy atom. The van der Waals surface area contributed by atoms with E-state index >= 15 is 0 Å². The molecule has 0 fully saturated rings. The molecule has 0 amide bonds. The number of halogens is 5. The van der Waals surface area contributed by atoms with Crippen LogP contribution in [-0.2, 0) is 0 Å². The van der Waals surface area contributed by atoms with Crippen LogP contribution in [-0.4, -0.2) is 0 Å². The zero-order valence-electron chi connectivity index (χ0n) is 8.73. The predicted octanol–water partition coefficient (Wildman–Crippen LogP) is 2.71. The van der Waals surface area contributed by atoms with Crippen LogP contribution in [0.3, 0.4) is 0 Å². The molecular weight excluding hydrogens is 269 g/mol. The van der Waals surface area contributed by atoms with Gasteiger partial charge in [-0.1, -0.05) is 0 Å². The third-order valence-electron chi connectivity index (χ3n) is 2.05. The Hall–Kier alpha value is -2.92. The lowest BCUT2D eigenvalue weighted by atomic mass is 10.0. The fraction of sp³-hybridized carbons (Fsp3) is 0. The number of nitrogens with zero attached hydrogens (tertiary/aromatic N) is 3. The average Bonchev–Trinajstić information content (AvgIpc) is 2.42. The molecule has 0 aromatic heterocycles. The third kappa shape index (κ3) is 2.10. The second-order valence-corrected chi connectivity index (χ2v) is 3.03. The molecule has 0 aliphatic rings. The SMILES string of the molecule is N#CC(C#N)=C(C#N)c1c(F)c(F)c(F)c(F)c1F. The van der Waals surface area contributed by atoms with Crippen LogP contribution in [0.2, 0.25) is 0 Å². The lowest BCUT2D eigenvalue weighted by molar-refractivity contribution is 0.376. The second-order valence-electron chi connectivity index (χ2n) is 3.03. The maximum Gasteiger partial charge on any atom is 0.200 e. The van der Waals surface area contributed by atoms with E-state index in [4.69, 9.17) is 15.8 Å². The van der Waals surface area contributed by atoms with Crippen molar-refractivity contribution in [2.24, 2.45) is 0 Å². The summed E-state index contributed by atoms with van der Waals surface area (Å²) in [4.78, 5) is 0. The van der Waals surface area contributed by atoms with Crippen LogP contribution in [0.15, 0.2) is 5.57 Å². The monoisotopic (exact) mass is 269 g/mol. The average molecular weight is 269 g/mol. The molecule has 0 spiro atoms. The number of nitriles is 3. The minimum Gasteiger partial charge on any atom is -0.203 e. The van der Waals surface area contributed by atoms with Gasteiger partial charge in [0, 0.05) is 0 Å². The first-order chi connectivity index (χ1) is 8.90. The Morgan fingerprint density at radius 1 is 0.632 bits per heavy atom. The zero-order chi connectivity index (χ0) is 14.7. The van der Waals surface area contributed by atoms with Crippen LogP contribution in [0.5, 0.6) is 0 Å². The van der Waals surface area contributed by atoms with Gasteiger partial charge in [0.2, 0.25) is 5.82 Å². The first-order valence-electron chi connectivity index (χ1n) is 4.37. The minimum atomic E-state index is -2.40. The van der Waals surface area contributed by atoms with Gasteiger partial charge in [0.15, 0.2) is 23.3 Å². The van der Waals surface area contributed by atoms with Gasteiger partial charge in [-0.2, -0.15) is 15.8 Å². The van der Waals surface area contributed by atoms with E-state index in [1.807, 2.05) is 0 Å². The number of benzene rings is 1. The van der Waals surface area contributed by atoms with Gasteiger partial charge in [-0.25, -0.2) is 22.0 Å². The van der Waals surface area contributed by atoms with E-state index in [9.17, 15) is 22.0 Å². The normalized spacial score (nSPS) is 9.16. The molecule has 0 saturated heterocycles. The molecule has 1 aromatic rings. The molecule has 3 nitrogen and oxygen atoms in total. The summed E-state index contributed by atoms with van der Waals surface area (Å²) in [6, 6.07) is 3.34. The fourth-order valence-corrected chi connectivity index (χ4v) is 1.20. The van der Waals surface area contributed by atoms with Gasteiger partial charge in [-0.05, 0) is 0 Å². The molecule has 0 heterocycles. The van der Waals surface area contributed by atoms with Crippen molar-refractivity contribution in [2.45, 2.75) is 0 Å². The van der Waals surface area contributed by atoms with Crippen molar-refractivity contribution >= 4 is 5.57 Å². The summed E-state index contributed by atoms with van der Waals surface area (Å²) in [5.41, 5.74) is -3.89. The first-order valence-corrected chi connectivity index (χ1v) is 4.37. The Labute approximate surface area is 103 Å². The van der Waals surface area contributed by atoms with E-state index in [2.05, 4.69) is 0 Å². The van der Waals surface area contributed by atoms with Gasteiger partial charge in [0.1, 0.15) is 23.8 Å². The van der Waals surface area contributed by atoms with Gasteiger partial charge in [-0.3, -0.25) is 0 Å². The standard InChI is InChI=1S/C11F5N3/c12-7-6(5(3-19)4(1-17)2-18)8(13)10(15)11(16)9(7)14. The quantitative estimate of drug-likeness (QED) is 0.340. The van der Waals surface area contributed by atoms with Gasteiger partial charge in [-0.15, -0.1) is 0 Å².